The van der Waals surface area contributed by atoms with E-state index in [0.717, 1.165) is 64.2 Å². The minimum Gasteiger partial charge on any atom is -0.480 e. The van der Waals surface area contributed by atoms with Crippen molar-refractivity contribution in [3.05, 3.63) is 85.1 Å². The van der Waals surface area contributed by atoms with Gasteiger partial charge in [0.25, 0.3) is 0 Å². The van der Waals surface area contributed by atoms with Crippen LogP contribution in [-0.2, 0) is 37.5 Å². The Kier molecular flexibility index (Phi) is 36.2. The third kappa shape index (κ3) is 37.6. The maximum Gasteiger partial charge on any atom is 0.472 e. The molecule has 0 saturated heterocycles. The number of nitrogens with two attached hydrogens (primary N) is 1. The molecular formula is C44H72NO10P. The molecule has 12 heteroatoms. The second kappa shape index (κ2) is 38.5. The van der Waals surface area contributed by atoms with Crippen LogP contribution in [0.15, 0.2) is 85.1 Å². The lowest BCUT2D eigenvalue weighted by molar-refractivity contribution is -0.161. The van der Waals surface area contributed by atoms with Gasteiger partial charge >= 0.3 is 25.7 Å². The summed E-state index contributed by atoms with van der Waals surface area (Å²) in [6, 6.07) is -1.54. The minimum atomic E-state index is -4.74. The number of unbranched alkanes of at least 4 members (excludes halogenated alkanes) is 9. The highest BCUT2D eigenvalue weighted by molar-refractivity contribution is 7.47. The zero-order chi connectivity index (χ0) is 41.4. The normalized spacial score (nSPS) is 14.6. The van der Waals surface area contributed by atoms with E-state index >= 15 is 0 Å². The van der Waals surface area contributed by atoms with E-state index in [1.54, 1.807) is 0 Å². The summed E-state index contributed by atoms with van der Waals surface area (Å²) in [6.45, 7) is 2.56. The van der Waals surface area contributed by atoms with Crippen LogP contribution < -0.4 is 5.73 Å². The molecule has 0 aliphatic heterocycles. The van der Waals surface area contributed by atoms with E-state index < -0.39 is 57.7 Å². The molecule has 0 radical (unpaired) electrons. The van der Waals surface area contributed by atoms with Crippen LogP contribution in [0.25, 0.3) is 0 Å². The Morgan fingerprint density at radius 1 is 0.571 bits per heavy atom. The summed E-state index contributed by atoms with van der Waals surface area (Å²) in [5.74, 6) is -2.52. The fourth-order valence-corrected chi connectivity index (χ4v) is 5.68. The number of aliphatic carboxylic acids is 1. The van der Waals surface area contributed by atoms with Crippen molar-refractivity contribution >= 4 is 25.7 Å². The number of esters is 2. The molecule has 0 amide bonds. The first-order chi connectivity index (χ1) is 27.1. The van der Waals surface area contributed by atoms with Crippen molar-refractivity contribution < 1.29 is 47.5 Å². The Labute approximate surface area is 337 Å². The van der Waals surface area contributed by atoms with E-state index in [1.807, 2.05) is 12.2 Å². The fraction of sp³-hybridized carbons (Fsp3) is 0.614. The maximum absolute atomic E-state index is 12.5. The summed E-state index contributed by atoms with van der Waals surface area (Å²) >= 11 is 0. The first-order valence-electron chi connectivity index (χ1n) is 20.6. The monoisotopic (exact) mass is 805 g/mol. The molecule has 318 valence electrons. The number of phosphoric acid groups is 1. The Morgan fingerprint density at radius 2 is 1.04 bits per heavy atom. The number of carboxylic acid groups (broad SMARTS) is 1. The number of hydrogen-bond donors (Lipinski definition) is 3. The zero-order valence-electron chi connectivity index (χ0n) is 34.2. The molecule has 0 bridgehead atoms. The third-order valence-electron chi connectivity index (χ3n) is 8.14. The van der Waals surface area contributed by atoms with Gasteiger partial charge < -0.3 is 25.2 Å². The van der Waals surface area contributed by atoms with Gasteiger partial charge in [-0.15, -0.1) is 0 Å². The molecule has 0 fully saturated rings. The van der Waals surface area contributed by atoms with Crippen molar-refractivity contribution in [2.45, 2.75) is 154 Å². The van der Waals surface area contributed by atoms with E-state index in [0.29, 0.717) is 12.8 Å². The smallest absolute Gasteiger partial charge is 0.472 e. The topological polar surface area (TPSA) is 172 Å². The zero-order valence-corrected chi connectivity index (χ0v) is 35.1. The highest BCUT2D eigenvalue weighted by Gasteiger charge is 2.28. The summed E-state index contributed by atoms with van der Waals surface area (Å²) in [4.78, 5) is 45.8. The predicted octanol–water partition coefficient (Wildman–Crippen LogP) is 10.7. The van der Waals surface area contributed by atoms with Crippen molar-refractivity contribution in [2.24, 2.45) is 5.73 Å². The first kappa shape index (κ1) is 52.7. The van der Waals surface area contributed by atoms with Gasteiger partial charge in [-0.05, 0) is 77.0 Å². The number of carbonyl (C=O) groups excluding carboxylic acids is 2. The minimum absolute atomic E-state index is 0.0427. The van der Waals surface area contributed by atoms with Crippen LogP contribution >= 0.6 is 7.82 Å². The van der Waals surface area contributed by atoms with Crippen molar-refractivity contribution in [3.8, 4) is 0 Å². The number of ether oxygens (including phenoxy) is 2. The quantitative estimate of drug-likeness (QED) is 0.0236. The summed E-state index contributed by atoms with van der Waals surface area (Å²) in [6.07, 6.45) is 46.7. The molecule has 56 heavy (non-hydrogen) atoms. The van der Waals surface area contributed by atoms with Crippen LogP contribution in [0, 0.1) is 0 Å². The first-order valence-corrected chi connectivity index (χ1v) is 22.1. The van der Waals surface area contributed by atoms with Crippen molar-refractivity contribution in [2.75, 3.05) is 19.8 Å². The predicted molar refractivity (Wildman–Crippen MR) is 226 cm³/mol. The fourth-order valence-electron chi connectivity index (χ4n) is 4.91. The average molecular weight is 806 g/mol. The lowest BCUT2D eigenvalue weighted by Gasteiger charge is -2.20. The molecular weight excluding hydrogens is 733 g/mol. The van der Waals surface area contributed by atoms with E-state index in [9.17, 15) is 23.8 Å². The van der Waals surface area contributed by atoms with Crippen LogP contribution in [0.4, 0.5) is 0 Å². The second-order valence-corrected chi connectivity index (χ2v) is 14.8. The van der Waals surface area contributed by atoms with E-state index in [2.05, 4.69) is 91.3 Å². The van der Waals surface area contributed by atoms with Crippen molar-refractivity contribution in [1.82, 2.24) is 0 Å². The molecule has 0 aromatic heterocycles. The molecule has 2 unspecified atom stereocenters. The highest BCUT2D eigenvalue weighted by Crippen LogP contribution is 2.43. The van der Waals surface area contributed by atoms with Gasteiger partial charge in [0, 0.05) is 12.8 Å². The summed E-state index contributed by atoms with van der Waals surface area (Å²) in [5.41, 5.74) is 5.32. The summed E-state index contributed by atoms with van der Waals surface area (Å²) in [5, 5.41) is 8.87. The molecule has 0 aromatic rings. The van der Waals surface area contributed by atoms with Crippen LogP contribution in [0.5, 0.6) is 0 Å². The van der Waals surface area contributed by atoms with Crippen molar-refractivity contribution in [3.63, 3.8) is 0 Å². The van der Waals surface area contributed by atoms with E-state index in [-0.39, 0.29) is 12.8 Å². The average Bonchev–Trinajstić information content (AvgIpc) is 3.17. The number of hydrogen-bond acceptors (Lipinski definition) is 9. The Hall–Kier alpha value is -3.34. The summed E-state index contributed by atoms with van der Waals surface area (Å²) < 4.78 is 32.5. The van der Waals surface area contributed by atoms with Gasteiger partial charge in [0.15, 0.2) is 6.10 Å². The number of allylic oxidation sites excluding steroid dienone is 14. The maximum atomic E-state index is 12.5. The van der Waals surface area contributed by atoms with Crippen LogP contribution in [0.1, 0.15) is 142 Å². The van der Waals surface area contributed by atoms with Gasteiger partial charge in [-0.2, -0.15) is 0 Å². The largest absolute Gasteiger partial charge is 0.480 e. The van der Waals surface area contributed by atoms with E-state index in [4.69, 9.17) is 24.8 Å². The van der Waals surface area contributed by atoms with Crippen LogP contribution in [0.2, 0.25) is 0 Å². The number of phosphoric ester groups is 1. The molecule has 0 heterocycles. The van der Waals surface area contributed by atoms with Gasteiger partial charge in [-0.3, -0.25) is 23.4 Å². The number of carboxylic acids is 1. The molecule has 11 nitrogen and oxygen atoms in total. The molecule has 0 spiro atoms. The third-order valence-corrected chi connectivity index (χ3v) is 9.09. The van der Waals surface area contributed by atoms with Crippen molar-refractivity contribution in [1.29, 1.82) is 0 Å². The Balaban J connectivity index is 4.53. The Bertz CT molecular complexity index is 1270. The molecule has 0 aliphatic carbocycles. The van der Waals surface area contributed by atoms with Gasteiger partial charge in [-0.25, -0.2) is 4.57 Å². The summed E-state index contributed by atoms with van der Waals surface area (Å²) in [7, 11) is -4.74. The molecule has 0 aliphatic rings. The lowest BCUT2D eigenvalue weighted by atomic mass is 10.1. The SMILES string of the molecule is CC/C=C/C/C=C/C/C=C/C/C=C/C/C=C/CCCCCC(=O)OCC(COP(=O)(O)OC[C@@H](N)C(=O)O)OC(=O)CC/C=C/C/C=C/CCCCCCCC. The lowest BCUT2D eigenvalue weighted by Crippen LogP contribution is -2.34. The molecule has 0 aromatic carbocycles. The highest BCUT2D eigenvalue weighted by atomic mass is 31.2. The molecule has 0 rings (SSSR count). The number of rotatable bonds is 37. The molecule has 0 saturated carbocycles. The van der Waals surface area contributed by atoms with Crippen LogP contribution in [0.3, 0.4) is 0 Å². The number of carbonyl (C=O) groups is 3. The van der Waals surface area contributed by atoms with Gasteiger partial charge in [0.05, 0.1) is 13.2 Å². The molecule has 3 atom stereocenters. The molecule has 4 N–H and O–H groups in total. The van der Waals surface area contributed by atoms with Gasteiger partial charge in [-0.1, -0.05) is 137 Å². The van der Waals surface area contributed by atoms with E-state index in [1.165, 1.54) is 38.5 Å². The second-order valence-electron chi connectivity index (χ2n) is 13.4. The van der Waals surface area contributed by atoms with Gasteiger partial charge in [0.2, 0.25) is 0 Å². The standard InChI is InChI=1S/C44H72NO10P/c1-3-5-7-9-11-13-15-17-18-19-20-21-22-24-25-27-29-31-33-35-42(46)52-37-40(38-53-56(50,51)54-39-41(45)44(48)49)55-43(47)36-34-32-30-28-26-23-16-14-12-10-8-6-4-2/h5,7,11,13,17-18,20-21,23-26,30,32,40-41H,3-4,6,8-10,12,14-16,19,22,27-29,31,33-39,45H2,1-2H3,(H,48,49)(H,50,51)/b7-5+,13-11+,18-17+,21-20+,25-24+,26-23+,32-30+/t40?,41-/m1/s1. The van der Waals surface area contributed by atoms with Crippen LogP contribution in [-0.4, -0.2) is 59.9 Å². The Morgan fingerprint density at radius 3 is 1.57 bits per heavy atom. The van der Waals surface area contributed by atoms with Gasteiger partial charge in [0.1, 0.15) is 12.6 Å².